The Labute approximate surface area is 137 Å². The molecule has 3 N–H and O–H groups in total. The van der Waals surface area contributed by atoms with Crippen LogP contribution < -0.4 is 11.1 Å². The molecule has 23 heavy (non-hydrogen) atoms. The highest BCUT2D eigenvalue weighted by molar-refractivity contribution is 5.94. The Kier molecular flexibility index (Phi) is 7.30. The van der Waals surface area contributed by atoms with Gasteiger partial charge in [-0.3, -0.25) is 4.79 Å². The fourth-order valence-electron chi connectivity index (χ4n) is 2.19. The van der Waals surface area contributed by atoms with Crippen LogP contribution in [0.2, 0.25) is 0 Å². The molecule has 0 spiro atoms. The molecule has 122 valence electrons. The molecule has 0 aliphatic heterocycles. The van der Waals surface area contributed by atoms with Crippen LogP contribution in [0, 0.1) is 0 Å². The average Bonchev–Trinajstić information content (AvgIpc) is 2.61. The Hall–Kier alpha value is -2.17. The number of benzene rings is 2. The maximum Gasteiger partial charge on any atom is 0.251 e. The summed E-state index contributed by atoms with van der Waals surface area (Å²) in [6.07, 6.45) is 1.83. The number of carbonyl (C=O) groups excluding carboxylic acids is 1. The van der Waals surface area contributed by atoms with Crippen molar-refractivity contribution in [3.63, 3.8) is 0 Å². The van der Waals surface area contributed by atoms with Crippen molar-refractivity contribution in [2.75, 3.05) is 13.2 Å². The van der Waals surface area contributed by atoms with Gasteiger partial charge in [0.05, 0.1) is 6.61 Å². The highest BCUT2D eigenvalue weighted by Gasteiger charge is 2.04. The number of rotatable bonds is 9. The normalized spacial score (nSPS) is 10.5. The van der Waals surface area contributed by atoms with Gasteiger partial charge in [-0.25, -0.2) is 0 Å². The molecular weight excluding hydrogens is 288 g/mol. The molecule has 0 unspecified atom stereocenters. The predicted molar refractivity (Wildman–Crippen MR) is 92.0 cm³/mol. The largest absolute Gasteiger partial charge is 0.377 e. The van der Waals surface area contributed by atoms with E-state index in [1.165, 1.54) is 5.56 Å². The van der Waals surface area contributed by atoms with Crippen molar-refractivity contribution >= 4 is 5.91 Å². The summed E-state index contributed by atoms with van der Waals surface area (Å²) < 4.78 is 5.61. The standard InChI is InChI=1S/C19H24N2O2/c20-14-16-8-10-18(11-9-16)19(22)21-12-4-5-13-23-15-17-6-2-1-3-7-17/h1-3,6-11H,4-5,12-15,20H2,(H,21,22). The van der Waals surface area contributed by atoms with E-state index in [1.807, 2.05) is 30.3 Å². The predicted octanol–water partition coefficient (Wildman–Crippen LogP) is 2.87. The van der Waals surface area contributed by atoms with Crippen molar-refractivity contribution in [1.82, 2.24) is 5.32 Å². The molecule has 0 atom stereocenters. The van der Waals surface area contributed by atoms with Gasteiger partial charge in [-0.15, -0.1) is 0 Å². The maximum absolute atomic E-state index is 11.9. The first-order valence-electron chi connectivity index (χ1n) is 7.98. The van der Waals surface area contributed by atoms with Gasteiger partial charge < -0.3 is 15.8 Å². The topological polar surface area (TPSA) is 64.4 Å². The zero-order chi connectivity index (χ0) is 16.3. The molecule has 4 heteroatoms. The molecular formula is C19H24N2O2. The first kappa shape index (κ1) is 17.2. The summed E-state index contributed by atoms with van der Waals surface area (Å²) in [5.41, 5.74) is 8.42. The van der Waals surface area contributed by atoms with Crippen molar-refractivity contribution < 1.29 is 9.53 Å². The molecule has 0 saturated heterocycles. The van der Waals surface area contributed by atoms with Gasteiger partial charge in [0.15, 0.2) is 0 Å². The number of nitrogens with one attached hydrogen (secondary N) is 1. The first-order valence-corrected chi connectivity index (χ1v) is 7.98. The smallest absolute Gasteiger partial charge is 0.251 e. The number of amides is 1. The first-order chi connectivity index (χ1) is 11.3. The van der Waals surface area contributed by atoms with Crippen LogP contribution in [0.4, 0.5) is 0 Å². The summed E-state index contributed by atoms with van der Waals surface area (Å²) in [6, 6.07) is 17.5. The molecule has 4 nitrogen and oxygen atoms in total. The molecule has 0 fully saturated rings. The second-order valence-electron chi connectivity index (χ2n) is 5.40. The van der Waals surface area contributed by atoms with Crippen LogP contribution >= 0.6 is 0 Å². The summed E-state index contributed by atoms with van der Waals surface area (Å²) in [5, 5.41) is 2.92. The van der Waals surface area contributed by atoms with Gasteiger partial charge in [0.1, 0.15) is 0 Å². The summed E-state index contributed by atoms with van der Waals surface area (Å²) >= 11 is 0. The number of unbranched alkanes of at least 4 members (excludes halogenated alkanes) is 1. The number of hydrogen-bond donors (Lipinski definition) is 2. The Morgan fingerprint density at radius 3 is 2.39 bits per heavy atom. The lowest BCUT2D eigenvalue weighted by Crippen LogP contribution is -2.24. The van der Waals surface area contributed by atoms with Crippen LogP contribution in [-0.2, 0) is 17.9 Å². The molecule has 2 rings (SSSR count). The lowest BCUT2D eigenvalue weighted by atomic mass is 10.1. The molecule has 2 aromatic rings. The monoisotopic (exact) mass is 312 g/mol. The van der Waals surface area contributed by atoms with Crippen LogP contribution in [0.1, 0.15) is 34.3 Å². The number of ether oxygens (including phenoxy) is 1. The third-order valence-corrected chi connectivity index (χ3v) is 3.56. The minimum Gasteiger partial charge on any atom is -0.377 e. The van der Waals surface area contributed by atoms with Gasteiger partial charge in [0.2, 0.25) is 0 Å². The molecule has 0 heterocycles. The van der Waals surface area contributed by atoms with Crippen LogP contribution in [0.15, 0.2) is 54.6 Å². The highest BCUT2D eigenvalue weighted by atomic mass is 16.5. The number of hydrogen-bond acceptors (Lipinski definition) is 3. The molecule has 2 aromatic carbocycles. The van der Waals surface area contributed by atoms with Gasteiger partial charge in [-0.2, -0.15) is 0 Å². The van der Waals surface area contributed by atoms with E-state index in [4.69, 9.17) is 10.5 Å². The Morgan fingerprint density at radius 2 is 1.70 bits per heavy atom. The molecule has 0 bridgehead atoms. The summed E-state index contributed by atoms with van der Waals surface area (Å²) in [7, 11) is 0. The quantitative estimate of drug-likeness (QED) is 0.700. The second-order valence-corrected chi connectivity index (χ2v) is 5.40. The zero-order valence-corrected chi connectivity index (χ0v) is 13.3. The van der Waals surface area contributed by atoms with Crippen LogP contribution in [0.5, 0.6) is 0 Å². The fourth-order valence-corrected chi connectivity index (χ4v) is 2.19. The van der Waals surface area contributed by atoms with Crippen LogP contribution in [-0.4, -0.2) is 19.1 Å². The van der Waals surface area contributed by atoms with E-state index in [2.05, 4.69) is 17.4 Å². The Morgan fingerprint density at radius 1 is 0.957 bits per heavy atom. The summed E-state index contributed by atoms with van der Waals surface area (Å²) in [5.74, 6) is -0.0428. The van der Waals surface area contributed by atoms with E-state index >= 15 is 0 Å². The number of nitrogens with two attached hydrogens (primary N) is 1. The van der Waals surface area contributed by atoms with Crippen LogP contribution in [0.3, 0.4) is 0 Å². The van der Waals surface area contributed by atoms with E-state index < -0.39 is 0 Å². The molecule has 0 saturated carbocycles. The third-order valence-electron chi connectivity index (χ3n) is 3.56. The van der Waals surface area contributed by atoms with Gasteiger partial charge in [0, 0.05) is 25.3 Å². The van der Waals surface area contributed by atoms with E-state index in [0.29, 0.717) is 31.9 Å². The lowest BCUT2D eigenvalue weighted by molar-refractivity contribution is 0.0946. The molecule has 0 aliphatic rings. The van der Waals surface area contributed by atoms with Gasteiger partial charge in [-0.05, 0) is 36.1 Å². The van der Waals surface area contributed by atoms with Gasteiger partial charge in [0.25, 0.3) is 5.91 Å². The Balaban J connectivity index is 1.55. The summed E-state index contributed by atoms with van der Waals surface area (Å²) in [4.78, 5) is 11.9. The summed E-state index contributed by atoms with van der Waals surface area (Å²) in [6.45, 7) is 2.49. The zero-order valence-electron chi connectivity index (χ0n) is 13.3. The SMILES string of the molecule is NCc1ccc(C(=O)NCCCCOCc2ccccc2)cc1. The second kappa shape index (κ2) is 9.77. The van der Waals surface area contributed by atoms with Crippen molar-refractivity contribution in [3.05, 3.63) is 71.3 Å². The lowest BCUT2D eigenvalue weighted by Gasteiger charge is -2.07. The van der Waals surface area contributed by atoms with Gasteiger partial charge >= 0.3 is 0 Å². The minimum atomic E-state index is -0.0428. The molecule has 0 aliphatic carbocycles. The van der Waals surface area contributed by atoms with Crippen molar-refractivity contribution in [1.29, 1.82) is 0 Å². The molecule has 0 radical (unpaired) electrons. The van der Waals surface area contributed by atoms with Crippen LogP contribution in [0.25, 0.3) is 0 Å². The number of carbonyl (C=O) groups is 1. The maximum atomic E-state index is 11.9. The van der Waals surface area contributed by atoms with Crippen molar-refractivity contribution in [3.8, 4) is 0 Å². The van der Waals surface area contributed by atoms with E-state index in [-0.39, 0.29) is 5.91 Å². The van der Waals surface area contributed by atoms with Gasteiger partial charge in [-0.1, -0.05) is 42.5 Å². The average molecular weight is 312 g/mol. The third kappa shape index (κ3) is 6.22. The molecule has 0 aromatic heterocycles. The van der Waals surface area contributed by atoms with E-state index in [0.717, 1.165) is 18.4 Å². The van der Waals surface area contributed by atoms with Crippen molar-refractivity contribution in [2.45, 2.75) is 26.0 Å². The highest BCUT2D eigenvalue weighted by Crippen LogP contribution is 2.04. The minimum absolute atomic E-state index is 0.0428. The van der Waals surface area contributed by atoms with E-state index in [1.54, 1.807) is 12.1 Å². The van der Waals surface area contributed by atoms with E-state index in [9.17, 15) is 4.79 Å². The van der Waals surface area contributed by atoms with Crippen molar-refractivity contribution in [2.24, 2.45) is 5.73 Å². The Bertz CT molecular complexity index is 582. The molecule has 1 amide bonds. The fraction of sp³-hybridized carbons (Fsp3) is 0.316.